The first kappa shape index (κ1) is 11.6. The van der Waals surface area contributed by atoms with Gasteiger partial charge >= 0.3 is 0 Å². The van der Waals surface area contributed by atoms with E-state index in [2.05, 4.69) is 30.7 Å². The van der Waals surface area contributed by atoms with E-state index < -0.39 is 0 Å². The highest BCUT2D eigenvalue weighted by molar-refractivity contribution is 5.90. The molecular weight excluding hydrogens is 240 g/mol. The van der Waals surface area contributed by atoms with Gasteiger partial charge in [0.2, 0.25) is 0 Å². The molecule has 0 fully saturated rings. The zero-order valence-electron chi connectivity index (χ0n) is 10.4. The number of benzene rings is 1. The van der Waals surface area contributed by atoms with Crippen molar-refractivity contribution in [3.8, 4) is 0 Å². The lowest BCUT2D eigenvalue weighted by Gasteiger charge is -2.07. The van der Waals surface area contributed by atoms with Gasteiger partial charge in [-0.2, -0.15) is 15.3 Å². The molecule has 0 unspecified atom stereocenters. The first-order valence-electron chi connectivity index (χ1n) is 6.22. The molecule has 0 aliphatic rings. The molecule has 3 rings (SSSR count). The van der Waals surface area contributed by atoms with Crippen LogP contribution in [-0.2, 0) is 6.42 Å². The number of fused-ring (bicyclic) bond motifs is 1. The first-order valence-corrected chi connectivity index (χ1v) is 6.22. The number of hydrogen-bond donors (Lipinski definition) is 2. The lowest BCUT2D eigenvalue weighted by Crippen LogP contribution is -2.05. The fourth-order valence-electron chi connectivity index (χ4n) is 1.98. The summed E-state index contributed by atoms with van der Waals surface area (Å²) in [7, 11) is 0. The number of nitrogens with zero attached hydrogens (tertiary/aromatic N) is 4. The number of H-pyrrole nitrogens is 1. The van der Waals surface area contributed by atoms with Crippen LogP contribution in [0.5, 0.6) is 0 Å². The molecule has 2 heterocycles. The zero-order chi connectivity index (χ0) is 12.9. The average Bonchev–Trinajstić information content (AvgIpc) is 2.97. The van der Waals surface area contributed by atoms with Gasteiger partial charge in [0.15, 0.2) is 0 Å². The molecule has 0 amide bonds. The van der Waals surface area contributed by atoms with E-state index in [1.165, 1.54) is 6.33 Å². The number of hydrogen-bond acceptors (Lipinski definition) is 5. The monoisotopic (exact) mass is 254 g/mol. The molecule has 2 N–H and O–H groups in total. The van der Waals surface area contributed by atoms with Crippen molar-refractivity contribution in [2.45, 2.75) is 12.8 Å². The van der Waals surface area contributed by atoms with Crippen LogP contribution in [0, 0.1) is 0 Å². The molecular formula is C13H14N6. The van der Waals surface area contributed by atoms with Crippen molar-refractivity contribution in [2.24, 2.45) is 0 Å². The molecule has 2 aromatic heterocycles. The quantitative estimate of drug-likeness (QED) is 0.679. The van der Waals surface area contributed by atoms with Gasteiger partial charge in [-0.05, 0) is 12.5 Å². The van der Waals surface area contributed by atoms with Crippen molar-refractivity contribution < 1.29 is 0 Å². The Bertz CT molecular complexity index is 644. The van der Waals surface area contributed by atoms with E-state index in [0.29, 0.717) is 0 Å². The highest BCUT2D eigenvalue weighted by Crippen LogP contribution is 2.19. The van der Waals surface area contributed by atoms with E-state index in [1.807, 2.05) is 24.3 Å². The third-order valence-corrected chi connectivity index (χ3v) is 2.92. The second-order valence-corrected chi connectivity index (χ2v) is 4.24. The van der Waals surface area contributed by atoms with Crippen molar-refractivity contribution in [1.29, 1.82) is 0 Å². The fourth-order valence-corrected chi connectivity index (χ4v) is 1.98. The first-order chi connectivity index (χ1) is 9.43. The molecule has 0 saturated carbocycles. The van der Waals surface area contributed by atoms with Gasteiger partial charge in [-0.15, -0.1) is 0 Å². The predicted octanol–water partition coefficient (Wildman–Crippen LogP) is 1.79. The number of aryl methyl sites for hydroxylation is 1. The maximum absolute atomic E-state index is 4.10. The van der Waals surface area contributed by atoms with Crippen LogP contribution >= 0.6 is 0 Å². The largest absolute Gasteiger partial charge is 0.383 e. The van der Waals surface area contributed by atoms with Crippen LogP contribution in [0.2, 0.25) is 0 Å². The maximum atomic E-state index is 4.10. The van der Waals surface area contributed by atoms with Gasteiger partial charge in [0.25, 0.3) is 0 Å². The van der Waals surface area contributed by atoms with Crippen molar-refractivity contribution in [2.75, 3.05) is 11.9 Å². The minimum Gasteiger partial charge on any atom is -0.383 e. The number of rotatable bonds is 5. The molecule has 3 aromatic rings. The lowest BCUT2D eigenvalue weighted by atomic mass is 10.2. The fraction of sp³-hybridized carbons (Fsp3) is 0.231. The molecule has 0 spiro atoms. The van der Waals surface area contributed by atoms with E-state index in [0.717, 1.165) is 41.8 Å². The SMILES string of the molecule is c1ccc2c(NCCCc3ncn[nH]3)cnnc2c1. The van der Waals surface area contributed by atoms with Gasteiger partial charge in [-0.1, -0.05) is 18.2 Å². The van der Waals surface area contributed by atoms with Crippen molar-refractivity contribution >= 4 is 16.6 Å². The number of aromatic amines is 1. The summed E-state index contributed by atoms with van der Waals surface area (Å²) in [6.45, 7) is 0.858. The topological polar surface area (TPSA) is 79.4 Å². The molecule has 0 saturated heterocycles. The summed E-state index contributed by atoms with van der Waals surface area (Å²) in [5, 5.41) is 19.3. The van der Waals surface area contributed by atoms with Gasteiger partial charge in [0, 0.05) is 18.4 Å². The second kappa shape index (κ2) is 5.43. The third kappa shape index (κ3) is 2.67. The Morgan fingerprint density at radius 3 is 3.05 bits per heavy atom. The highest BCUT2D eigenvalue weighted by atomic mass is 15.2. The summed E-state index contributed by atoms with van der Waals surface area (Å²) in [5.74, 6) is 0.916. The zero-order valence-corrected chi connectivity index (χ0v) is 10.4. The van der Waals surface area contributed by atoms with Crippen LogP contribution in [0.4, 0.5) is 5.69 Å². The Kier molecular flexibility index (Phi) is 3.31. The van der Waals surface area contributed by atoms with Gasteiger partial charge in [0.1, 0.15) is 12.2 Å². The van der Waals surface area contributed by atoms with Gasteiger partial charge in [-0.3, -0.25) is 5.10 Å². The van der Waals surface area contributed by atoms with E-state index in [-0.39, 0.29) is 0 Å². The highest BCUT2D eigenvalue weighted by Gasteiger charge is 2.01. The van der Waals surface area contributed by atoms with Crippen LogP contribution in [0.15, 0.2) is 36.8 Å². The molecule has 0 aliphatic heterocycles. The average molecular weight is 254 g/mol. The van der Waals surface area contributed by atoms with Crippen molar-refractivity contribution in [3.63, 3.8) is 0 Å². The third-order valence-electron chi connectivity index (χ3n) is 2.92. The number of anilines is 1. The normalized spacial score (nSPS) is 10.7. The molecule has 0 aliphatic carbocycles. The van der Waals surface area contributed by atoms with Crippen LogP contribution in [0.1, 0.15) is 12.2 Å². The van der Waals surface area contributed by atoms with E-state index in [1.54, 1.807) is 6.20 Å². The van der Waals surface area contributed by atoms with Crippen LogP contribution in [0.25, 0.3) is 10.9 Å². The van der Waals surface area contributed by atoms with Crippen molar-refractivity contribution in [1.82, 2.24) is 25.4 Å². The number of nitrogens with one attached hydrogen (secondary N) is 2. The molecule has 96 valence electrons. The van der Waals surface area contributed by atoms with Gasteiger partial charge in [0.05, 0.1) is 17.4 Å². The van der Waals surface area contributed by atoms with E-state index >= 15 is 0 Å². The molecule has 0 bridgehead atoms. The van der Waals surface area contributed by atoms with Gasteiger partial charge in [-0.25, -0.2) is 4.98 Å². The minimum absolute atomic E-state index is 0.858. The lowest BCUT2D eigenvalue weighted by molar-refractivity contribution is 0.805. The molecule has 1 aromatic carbocycles. The molecule has 0 atom stereocenters. The maximum Gasteiger partial charge on any atom is 0.137 e. The smallest absolute Gasteiger partial charge is 0.137 e. The van der Waals surface area contributed by atoms with Crippen LogP contribution in [-0.4, -0.2) is 31.9 Å². The van der Waals surface area contributed by atoms with Crippen LogP contribution in [0.3, 0.4) is 0 Å². The summed E-state index contributed by atoms with van der Waals surface area (Å²) in [6.07, 6.45) is 5.15. The summed E-state index contributed by atoms with van der Waals surface area (Å²) in [4.78, 5) is 4.09. The van der Waals surface area contributed by atoms with E-state index in [9.17, 15) is 0 Å². The molecule has 0 radical (unpaired) electrons. The Labute approximate surface area is 110 Å². The summed E-state index contributed by atoms with van der Waals surface area (Å²) < 4.78 is 0. The van der Waals surface area contributed by atoms with Gasteiger partial charge < -0.3 is 5.32 Å². The molecule has 6 nitrogen and oxygen atoms in total. The second-order valence-electron chi connectivity index (χ2n) is 4.24. The van der Waals surface area contributed by atoms with Crippen molar-refractivity contribution in [3.05, 3.63) is 42.6 Å². The van der Waals surface area contributed by atoms with E-state index in [4.69, 9.17) is 0 Å². The van der Waals surface area contributed by atoms with Crippen LogP contribution < -0.4 is 5.32 Å². The minimum atomic E-state index is 0.858. The summed E-state index contributed by atoms with van der Waals surface area (Å²) in [6, 6.07) is 7.97. The Balaban J connectivity index is 1.62. The summed E-state index contributed by atoms with van der Waals surface area (Å²) in [5.41, 5.74) is 1.92. The number of aromatic nitrogens is 5. The Morgan fingerprint density at radius 1 is 1.21 bits per heavy atom. The molecule has 6 heteroatoms. The Hall–Kier alpha value is -2.50. The molecule has 19 heavy (non-hydrogen) atoms. The Morgan fingerprint density at radius 2 is 2.16 bits per heavy atom. The summed E-state index contributed by atoms with van der Waals surface area (Å²) >= 11 is 0. The predicted molar refractivity (Wildman–Crippen MR) is 72.7 cm³/mol. The standard InChI is InChI=1S/C13H14N6/c1-2-5-11-10(4-1)12(8-16-18-11)14-7-3-6-13-15-9-17-19-13/h1-2,4-5,8-9H,3,6-7H2,(H,14,18)(H,15,17,19).